The molecular weight excluding hydrogens is 146 g/mol. The standard InChI is InChI=1S/C8H19ClN/c1-10(2,3)8-6-4-5-7-9/h4-8H2,1-3H3/q+1. The summed E-state index contributed by atoms with van der Waals surface area (Å²) in [7, 11) is 6.67. The van der Waals surface area contributed by atoms with Crippen LogP contribution in [0.3, 0.4) is 0 Å². The van der Waals surface area contributed by atoms with Crippen LogP contribution >= 0.6 is 11.6 Å². The summed E-state index contributed by atoms with van der Waals surface area (Å²) in [4.78, 5) is 0. The van der Waals surface area contributed by atoms with E-state index in [0.29, 0.717) is 0 Å². The van der Waals surface area contributed by atoms with Crippen molar-refractivity contribution in [1.29, 1.82) is 0 Å². The van der Waals surface area contributed by atoms with Gasteiger partial charge in [-0.1, -0.05) is 0 Å². The highest BCUT2D eigenvalue weighted by Gasteiger charge is 2.04. The lowest BCUT2D eigenvalue weighted by Crippen LogP contribution is -2.35. The molecule has 0 aliphatic heterocycles. The van der Waals surface area contributed by atoms with Gasteiger partial charge in [-0.25, -0.2) is 0 Å². The molecule has 0 aromatic rings. The Morgan fingerprint density at radius 2 is 1.60 bits per heavy atom. The second-order valence-electron chi connectivity index (χ2n) is 3.76. The number of rotatable bonds is 5. The van der Waals surface area contributed by atoms with Crippen LogP contribution in [0.2, 0.25) is 0 Å². The Morgan fingerprint density at radius 1 is 1.00 bits per heavy atom. The van der Waals surface area contributed by atoms with Gasteiger partial charge in [-0.2, -0.15) is 0 Å². The minimum atomic E-state index is 0.817. The minimum Gasteiger partial charge on any atom is -0.331 e. The average molecular weight is 165 g/mol. The van der Waals surface area contributed by atoms with Crippen LogP contribution in [0.4, 0.5) is 0 Å². The number of unbranched alkanes of at least 4 members (excludes halogenated alkanes) is 2. The van der Waals surface area contributed by atoms with Crippen LogP contribution in [0.15, 0.2) is 0 Å². The van der Waals surface area contributed by atoms with Gasteiger partial charge < -0.3 is 4.48 Å². The average Bonchev–Trinajstić information content (AvgIpc) is 1.78. The maximum Gasteiger partial charge on any atom is 0.0780 e. The molecule has 0 fully saturated rings. The van der Waals surface area contributed by atoms with Crippen molar-refractivity contribution < 1.29 is 4.48 Å². The largest absolute Gasteiger partial charge is 0.331 e. The van der Waals surface area contributed by atoms with Crippen LogP contribution in [0.25, 0.3) is 0 Å². The molecule has 62 valence electrons. The quantitative estimate of drug-likeness (QED) is 0.332. The van der Waals surface area contributed by atoms with Crippen molar-refractivity contribution in [2.45, 2.75) is 19.3 Å². The third-order valence-electron chi connectivity index (χ3n) is 1.46. The fourth-order valence-corrected chi connectivity index (χ4v) is 1.05. The molecule has 0 unspecified atom stereocenters. The molecule has 0 bridgehead atoms. The number of hydrogen-bond acceptors (Lipinski definition) is 0. The van der Waals surface area contributed by atoms with Gasteiger partial charge in [-0.15, -0.1) is 11.6 Å². The Labute approximate surface area is 69.6 Å². The zero-order valence-electron chi connectivity index (χ0n) is 7.36. The number of halogens is 1. The molecule has 0 aromatic heterocycles. The normalized spacial score (nSPS) is 12.0. The number of hydrogen-bond donors (Lipinski definition) is 0. The summed E-state index contributed by atoms with van der Waals surface area (Å²) in [5.74, 6) is 0.817. The van der Waals surface area contributed by atoms with Gasteiger partial charge in [0.25, 0.3) is 0 Å². The molecule has 10 heavy (non-hydrogen) atoms. The number of quaternary nitrogens is 1. The molecule has 0 aliphatic rings. The van der Waals surface area contributed by atoms with Crippen LogP contribution in [-0.4, -0.2) is 38.1 Å². The summed E-state index contributed by atoms with van der Waals surface area (Å²) in [6, 6.07) is 0. The first-order chi connectivity index (χ1) is 4.56. The summed E-state index contributed by atoms with van der Waals surface area (Å²) in [5, 5.41) is 0. The van der Waals surface area contributed by atoms with Gasteiger partial charge in [0.2, 0.25) is 0 Å². The van der Waals surface area contributed by atoms with Crippen molar-refractivity contribution in [3.63, 3.8) is 0 Å². The summed E-state index contributed by atoms with van der Waals surface area (Å²) in [6.45, 7) is 1.26. The fraction of sp³-hybridized carbons (Fsp3) is 1.00. The maximum absolute atomic E-state index is 5.55. The highest BCUT2D eigenvalue weighted by atomic mass is 35.5. The van der Waals surface area contributed by atoms with Crippen molar-refractivity contribution >= 4 is 11.6 Å². The third kappa shape index (κ3) is 8.25. The smallest absolute Gasteiger partial charge is 0.0780 e. The molecule has 2 heteroatoms. The van der Waals surface area contributed by atoms with Crippen molar-refractivity contribution in [2.75, 3.05) is 33.6 Å². The molecular formula is C8H19ClN+. The summed E-state index contributed by atoms with van der Waals surface area (Å²) < 4.78 is 1.07. The van der Waals surface area contributed by atoms with E-state index in [0.717, 1.165) is 10.4 Å². The lowest BCUT2D eigenvalue weighted by atomic mass is 10.2. The summed E-state index contributed by atoms with van der Waals surface area (Å²) >= 11 is 5.55. The van der Waals surface area contributed by atoms with E-state index in [2.05, 4.69) is 21.1 Å². The van der Waals surface area contributed by atoms with Gasteiger partial charge >= 0.3 is 0 Å². The Bertz CT molecular complexity index is 75.8. The van der Waals surface area contributed by atoms with E-state index in [1.165, 1.54) is 25.8 Å². The van der Waals surface area contributed by atoms with Gasteiger partial charge in [0.15, 0.2) is 0 Å². The third-order valence-corrected chi connectivity index (χ3v) is 1.73. The molecule has 0 aromatic carbocycles. The van der Waals surface area contributed by atoms with Crippen molar-refractivity contribution in [2.24, 2.45) is 0 Å². The monoisotopic (exact) mass is 164 g/mol. The van der Waals surface area contributed by atoms with E-state index < -0.39 is 0 Å². The molecule has 0 aliphatic carbocycles. The van der Waals surface area contributed by atoms with E-state index in [9.17, 15) is 0 Å². The van der Waals surface area contributed by atoms with E-state index in [1.807, 2.05) is 0 Å². The Morgan fingerprint density at radius 3 is 2.00 bits per heavy atom. The molecule has 0 atom stereocenters. The second-order valence-corrected chi connectivity index (χ2v) is 4.14. The Balaban J connectivity index is 3.04. The van der Waals surface area contributed by atoms with Crippen LogP contribution < -0.4 is 0 Å². The van der Waals surface area contributed by atoms with Gasteiger partial charge in [0, 0.05) is 5.88 Å². The zero-order valence-corrected chi connectivity index (χ0v) is 8.12. The Kier molecular flexibility index (Phi) is 5.10. The molecule has 1 nitrogen and oxygen atoms in total. The summed E-state index contributed by atoms with van der Waals surface area (Å²) in [6.07, 6.45) is 3.75. The van der Waals surface area contributed by atoms with Gasteiger partial charge in [-0.05, 0) is 19.3 Å². The Hall–Kier alpha value is 0.250. The molecule has 0 saturated heterocycles. The first kappa shape index (κ1) is 10.2. The molecule has 0 amide bonds. The first-order valence-electron chi connectivity index (χ1n) is 3.93. The van der Waals surface area contributed by atoms with Gasteiger partial charge in [0.1, 0.15) is 0 Å². The predicted octanol–water partition coefficient (Wildman–Crippen LogP) is 2.10. The van der Waals surface area contributed by atoms with E-state index in [4.69, 9.17) is 11.6 Å². The lowest BCUT2D eigenvalue weighted by Gasteiger charge is -2.23. The number of alkyl halides is 1. The molecule has 0 rings (SSSR count). The van der Waals surface area contributed by atoms with Crippen LogP contribution in [0.1, 0.15) is 19.3 Å². The van der Waals surface area contributed by atoms with Crippen molar-refractivity contribution in [1.82, 2.24) is 0 Å². The van der Waals surface area contributed by atoms with Crippen molar-refractivity contribution in [3.8, 4) is 0 Å². The molecule has 0 radical (unpaired) electrons. The first-order valence-corrected chi connectivity index (χ1v) is 4.46. The lowest BCUT2D eigenvalue weighted by molar-refractivity contribution is -0.870. The van der Waals surface area contributed by atoms with Crippen LogP contribution in [0.5, 0.6) is 0 Å². The fourth-order valence-electron chi connectivity index (χ4n) is 0.857. The SMILES string of the molecule is C[N+](C)(C)CCCCCCl. The second kappa shape index (κ2) is 4.97. The van der Waals surface area contributed by atoms with Crippen molar-refractivity contribution in [3.05, 3.63) is 0 Å². The predicted molar refractivity (Wildman–Crippen MR) is 47.5 cm³/mol. The van der Waals surface area contributed by atoms with Gasteiger partial charge in [-0.3, -0.25) is 0 Å². The van der Waals surface area contributed by atoms with E-state index in [1.54, 1.807) is 0 Å². The minimum absolute atomic E-state index is 0.817. The zero-order chi connectivity index (χ0) is 8.04. The topological polar surface area (TPSA) is 0 Å². The molecule has 0 saturated carbocycles. The van der Waals surface area contributed by atoms with E-state index in [-0.39, 0.29) is 0 Å². The van der Waals surface area contributed by atoms with Crippen LogP contribution in [-0.2, 0) is 0 Å². The molecule has 0 spiro atoms. The summed E-state index contributed by atoms with van der Waals surface area (Å²) in [5.41, 5.74) is 0. The number of nitrogens with zero attached hydrogens (tertiary/aromatic N) is 1. The van der Waals surface area contributed by atoms with E-state index >= 15 is 0 Å². The molecule has 0 N–H and O–H groups in total. The highest BCUT2D eigenvalue weighted by Crippen LogP contribution is 2.01. The molecule has 0 heterocycles. The highest BCUT2D eigenvalue weighted by molar-refractivity contribution is 6.17. The van der Waals surface area contributed by atoms with Crippen LogP contribution in [0, 0.1) is 0 Å². The maximum atomic E-state index is 5.55. The van der Waals surface area contributed by atoms with Gasteiger partial charge in [0.05, 0.1) is 27.7 Å².